The van der Waals surface area contributed by atoms with Crippen LogP contribution in [-0.2, 0) is 10.5 Å². The average Bonchev–Trinajstić information content (AvgIpc) is 3.29. The van der Waals surface area contributed by atoms with Gasteiger partial charge in [0.15, 0.2) is 5.16 Å². The van der Waals surface area contributed by atoms with Gasteiger partial charge in [-0.15, -0.1) is 22.0 Å². The number of benzene rings is 3. The lowest BCUT2D eigenvalue weighted by Gasteiger charge is -2.28. The van der Waals surface area contributed by atoms with E-state index >= 15 is 0 Å². The van der Waals surface area contributed by atoms with Gasteiger partial charge in [0.2, 0.25) is 5.91 Å². The molecule has 186 valence electrons. The number of thioether (sulfide) groups is 2. The Balaban J connectivity index is 1.45. The summed E-state index contributed by atoms with van der Waals surface area (Å²) >= 11 is 3.19. The first-order chi connectivity index (χ1) is 17.5. The topological polar surface area (TPSA) is 63.1 Å². The molecule has 36 heavy (non-hydrogen) atoms. The second kappa shape index (κ2) is 12.6. The van der Waals surface area contributed by atoms with Gasteiger partial charge in [0.05, 0.1) is 17.4 Å². The molecule has 1 N–H and O–H groups in total. The van der Waals surface area contributed by atoms with Crippen molar-refractivity contribution in [2.75, 3.05) is 21.8 Å². The maximum atomic E-state index is 12.6. The Bertz CT molecular complexity index is 1260. The van der Waals surface area contributed by atoms with Crippen molar-refractivity contribution < 1.29 is 4.79 Å². The standard InChI is InChI=1S/C28H31N5OS2/c1-21(2)32(24-13-6-4-7-14-24)20-35-18-26-30-31-28(33(26)25-15-8-5-9-16-25)36-19-27(34)29-23-12-10-11-22(3)17-23/h4-17,21H,18-20H2,1-3H3,(H,29,34). The van der Waals surface area contributed by atoms with Crippen LogP contribution in [-0.4, -0.2) is 38.3 Å². The number of anilines is 2. The molecule has 0 aliphatic rings. The monoisotopic (exact) mass is 517 g/mol. The number of amides is 1. The molecular weight excluding hydrogens is 486 g/mol. The largest absolute Gasteiger partial charge is 0.360 e. The van der Waals surface area contributed by atoms with E-state index in [1.54, 1.807) is 11.8 Å². The van der Waals surface area contributed by atoms with E-state index < -0.39 is 0 Å². The predicted octanol–water partition coefficient (Wildman–Crippen LogP) is 6.41. The van der Waals surface area contributed by atoms with Crippen molar-refractivity contribution in [1.29, 1.82) is 0 Å². The fraction of sp³-hybridized carbons (Fsp3) is 0.250. The molecule has 6 nitrogen and oxygen atoms in total. The SMILES string of the molecule is Cc1cccc(NC(=O)CSc2nnc(CSCN(c3ccccc3)C(C)C)n2-c2ccccc2)c1. The molecule has 0 spiro atoms. The van der Waals surface area contributed by atoms with E-state index in [9.17, 15) is 4.79 Å². The van der Waals surface area contributed by atoms with Crippen molar-refractivity contribution in [2.24, 2.45) is 0 Å². The Morgan fingerprint density at radius 3 is 2.39 bits per heavy atom. The Labute approximate surface area is 221 Å². The van der Waals surface area contributed by atoms with E-state index in [0.29, 0.717) is 17.0 Å². The van der Waals surface area contributed by atoms with Gasteiger partial charge in [-0.05, 0) is 62.7 Å². The minimum atomic E-state index is -0.0698. The number of para-hydroxylation sites is 2. The number of rotatable bonds is 11. The summed E-state index contributed by atoms with van der Waals surface area (Å²) < 4.78 is 2.06. The fourth-order valence-electron chi connectivity index (χ4n) is 3.75. The summed E-state index contributed by atoms with van der Waals surface area (Å²) in [6.07, 6.45) is 0. The molecule has 0 radical (unpaired) electrons. The summed E-state index contributed by atoms with van der Waals surface area (Å²) in [4.78, 5) is 15.0. The zero-order chi connectivity index (χ0) is 25.3. The van der Waals surface area contributed by atoms with Gasteiger partial charge in [0.25, 0.3) is 0 Å². The van der Waals surface area contributed by atoms with E-state index in [-0.39, 0.29) is 11.7 Å². The predicted molar refractivity (Wildman–Crippen MR) is 152 cm³/mol. The minimum absolute atomic E-state index is 0.0698. The van der Waals surface area contributed by atoms with Crippen molar-refractivity contribution in [1.82, 2.24) is 14.8 Å². The van der Waals surface area contributed by atoms with Crippen LogP contribution in [0.3, 0.4) is 0 Å². The molecule has 0 atom stereocenters. The second-order valence-electron chi connectivity index (χ2n) is 8.65. The number of aromatic nitrogens is 3. The third-order valence-electron chi connectivity index (χ3n) is 5.52. The molecule has 0 saturated carbocycles. The number of nitrogens with zero attached hydrogens (tertiary/aromatic N) is 4. The summed E-state index contributed by atoms with van der Waals surface area (Å²) in [5.74, 6) is 2.59. The molecule has 0 aliphatic heterocycles. The second-order valence-corrected chi connectivity index (χ2v) is 10.6. The molecule has 3 aromatic carbocycles. The zero-order valence-corrected chi connectivity index (χ0v) is 22.4. The van der Waals surface area contributed by atoms with Gasteiger partial charge < -0.3 is 10.2 Å². The van der Waals surface area contributed by atoms with Gasteiger partial charge in [-0.1, -0.05) is 60.3 Å². The molecule has 0 saturated heterocycles. The lowest BCUT2D eigenvalue weighted by molar-refractivity contribution is -0.113. The minimum Gasteiger partial charge on any atom is -0.360 e. The third-order valence-corrected chi connectivity index (χ3v) is 7.37. The molecule has 0 fully saturated rings. The first kappa shape index (κ1) is 25.9. The van der Waals surface area contributed by atoms with Crippen LogP contribution in [0.25, 0.3) is 5.69 Å². The van der Waals surface area contributed by atoms with Gasteiger partial charge in [0.1, 0.15) is 5.82 Å². The summed E-state index contributed by atoms with van der Waals surface area (Å²) in [7, 11) is 0. The highest BCUT2D eigenvalue weighted by Crippen LogP contribution is 2.26. The normalized spacial score (nSPS) is 11.0. The van der Waals surface area contributed by atoms with E-state index in [1.165, 1.54) is 17.4 Å². The van der Waals surface area contributed by atoms with Crippen molar-refractivity contribution in [3.63, 3.8) is 0 Å². The van der Waals surface area contributed by atoms with Crippen molar-refractivity contribution in [3.05, 3.63) is 96.3 Å². The molecule has 4 rings (SSSR count). The van der Waals surface area contributed by atoms with E-state index in [1.807, 2.05) is 67.6 Å². The summed E-state index contributed by atoms with van der Waals surface area (Å²) in [6, 6.07) is 28.7. The van der Waals surface area contributed by atoms with Crippen LogP contribution >= 0.6 is 23.5 Å². The van der Waals surface area contributed by atoms with Gasteiger partial charge >= 0.3 is 0 Å². The van der Waals surface area contributed by atoms with Crippen molar-refractivity contribution in [2.45, 2.75) is 37.7 Å². The molecule has 0 aliphatic carbocycles. The third kappa shape index (κ3) is 6.92. The molecule has 1 heterocycles. The maximum absolute atomic E-state index is 12.6. The summed E-state index contributed by atoms with van der Waals surface area (Å²) in [5.41, 5.74) is 4.11. The van der Waals surface area contributed by atoms with Gasteiger partial charge in [-0.3, -0.25) is 9.36 Å². The number of hydrogen-bond donors (Lipinski definition) is 1. The number of carbonyl (C=O) groups is 1. The highest BCUT2D eigenvalue weighted by molar-refractivity contribution is 7.99. The highest BCUT2D eigenvalue weighted by Gasteiger charge is 2.17. The molecule has 8 heteroatoms. The smallest absolute Gasteiger partial charge is 0.234 e. The number of carbonyl (C=O) groups excluding carboxylic acids is 1. The number of hydrogen-bond acceptors (Lipinski definition) is 6. The molecule has 0 bridgehead atoms. The Morgan fingerprint density at radius 1 is 0.972 bits per heavy atom. The molecule has 4 aromatic rings. The molecule has 1 amide bonds. The number of aryl methyl sites for hydroxylation is 1. The van der Waals surface area contributed by atoms with E-state index in [4.69, 9.17) is 0 Å². The average molecular weight is 518 g/mol. The lowest BCUT2D eigenvalue weighted by atomic mass is 10.2. The Morgan fingerprint density at radius 2 is 1.69 bits per heavy atom. The van der Waals surface area contributed by atoms with Crippen LogP contribution in [0, 0.1) is 6.92 Å². The van der Waals surface area contributed by atoms with Gasteiger partial charge in [-0.2, -0.15) is 0 Å². The van der Waals surface area contributed by atoms with E-state index in [0.717, 1.165) is 28.6 Å². The summed E-state index contributed by atoms with van der Waals surface area (Å²) in [6.45, 7) is 6.42. The number of nitrogens with one attached hydrogen (secondary N) is 1. The van der Waals surface area contributed by atoms with Crippen LogP contribution in [0.1, 0.15) is 25.2 Å². The summed E-state index contributed by atoms with van der Waals surface area (Å²) in [5, 5.41) is 12.6. The van der Waals surface area contributed by atoms with Crippen molar-refractivity contribution in [3.8, 4) is 5.69 Å². The molecule has 0 unspecified atom stereocenters. The molecule has 1 aromatic heterocycles. The van der Waals surface area contributed by atoms with E-state index in [2.05, 4.69) is 63.1 Å². The molecular formula is C28H31N5OS2. The van der Waals surface area contributed by atoms with Crippen LogP contribution in [0.2, 0.25) is 0 Å². The Hall–Kier alpha value is -3.23. The first-order valence-corrected chi connectivity index (χ1v) is 14.0. The van der Waals surface area contributed by atoms with Crippen LogP contribution in [0.4, 0.5) is 11.4 Å². The van der Waals surface area contributed by atoms with Gasteiger partial charge in [0, 0.05) is 23.1 Å². The maximum Gasteiger partial charge on any atom is 0.234 e. The van der Waals surface area contributed by atoms with Crippen molar-refractivity contribution >= 4 is 40.8 Å². The van der Waals surface area contributed by atoms with Gasteiger partial charge in [-0.25, -0.2) is 0 Å². The first-order valence-electron chi connectivity index (χ1n) is 11.9. The Kier molecular flexibility index (Phi) is 9.08. The van der Waals surface area contributed by atoms with Crippen LogP contribution in [0.15, 0.2) is 90.1 Å². The highest BCUT2D eigenvalue weighted by atomic mass is 32.2. The zero-order valence-electron chi connectivity index (χ0n) is 20.8. The van der Waals surface area contributed by atoms with Crippen LogP contribution in [0.5, 0.6) is 0 Å². The fourth-order valence-corrected chi connectivity index (χ4v) is 5.63. The lowest BCUT2D eigenvalue weighted by Crippen LogP contribution is -2.30. The quantitative estimate of drug-likeness (QED) is 0.183. The van der Waals surface area contributed by atoms with Crippen LogP contribution < -0.4 is 10.2 Å².